The molecular formula is C26H32NO2P. The first kappa shape index (κ1) is 23.8. The molecule has 0 bridgehead atoms. The summed E-state index contributed by atoms with van der Waals surface area (Å²) in [5, 5.41) is 13.4. The molecule has 0 fully saturated rings. The Morgan fingerprint density at radius 3 is 1.37 bits per heavy atom. The highest BCUT2D eigenvalue weighted by molar-refractivity contribution is 7.95. The van der Waals surface area contributed by atoms with Crippen LogP contribution in [0, 0.1) is 0 Å². The van der Waals surface area contributed by atoms with Crippen molar-refractivity contribution in [2.75, 3.05) is 26.8 Å². The quantitative estimate of drug-likeness (QED) is 0.415. The molecule has 30 heavy (non-hydrogen) atoms. The fourth-order valence-corrected chi connectivity index (χ4v) is 8.07. The molecule has 0 heterocycles. The summed E-state index contributed by atoms with van der Waals surface area (Å²) in [7, 11) is 2.69. The molecule has 0 saturated heterocycles. The third-order valence-corrected chi connectivity index (χ3v) is 9.47. The lowest BCUT2D eigenvalue weighted by atomic mass is 10.3. The van der Waals surface area contributed by atoms with E-state index in [1.807, 2.05) is 0 Å². The topological polar surface area (TPSA) is 43.4 Å². The highest BCUT2D eigenvalue weighted by atomic mass is 31.2. The molecule has 0 unspecified atom stereocenters. The fraction of sp³-hybridized carbons (Fsp3) is 0.269. The predicted molar refractivity (Wildman–Crippen MR) is 128 cm³/mol. The van der Waals surface area contributed by atoms with Gasteiger partial charge in [-0.15, -0.1) is 0 Å². The van der Waals surface area contributed by atoms with E-state index in [0.29, 0.717) is 0 Å². The van der Waals surface area contributed by atoms with Crippen molar-refractivity contribution in [2.24, 2.45) is 0 Å². The first-order valence-corrected chi connectivity index (χ1v) is 12.3. The molecule has 0 aliphatic heterocycles. The molecule has 3 nitrogen and oxygen atoms in total. The first-order valence-electron chi connectivity index (χ1n) is 10.3. The van der Waals surface area contributed by atoms with Crippen LogP contribution in [-0.2, 0) is 4.79 Å². The van der Waals surface area contributed by atoms with Gasteiger partial charge in [0, 0.05) is 5.97 Å². The molecule has 0 saturated carbocycles. The number of benzene rings is 3. The zero-order chi connectivity index (χ0) is 21.8. The molecule has 0 spiro atoms. The molecule has 0 radical (unpaired) electrons. The molecule has 0 aliphatic rings. The molecular weight excluding hydrogens is 389 g/mol. The zero-order valence-corrected chi connectivity index (χ0v) is 19.1. The van der Waals surface area contributed by atoms with E-state index in [0.717, 1.165) is 13.5 Å². The summed E-state index contributed by atoms with van der Waals surface area (Å²) in [4.78, 5) is 11.2. The molecule has 3 aromatic carbocycles. The summed E-state index contributed by atoms with van der Waals surface area (Å²) in [6.45, 7) is 2.12. The number of carboxylic acids is 1. The number of aliphatic carboxylic acids is 1. The van der Waals surface area contributed by atoms with Gasteiger partial charge >= 0.3 is 0 Å². The molecule has 0 atom stereocenters. The molecule has 0 N–H and O–H groups in total. The Morgan fingerprint density at radius 2 is 1.07 bits per heavy atom. The highest BCUT2D eigenvalue weighted by Crippen LogP contribution is 2.55. The fourth-order valence-electron chi connectivity index (χ4n) is 3.66. The Hall–Kier alpha value is -2.48. The Labute approximate surface area is 181 Å². The van der Waals surface area contributed by atoms with Crippen molar-refractivity contribution < 1.29 is 9.90 Å². The van der Waals surface area contributed by atoms with Gasteiger partial charge in [0.25, 0.3) is 0 Å². The van der Waals surface area contributed by atoms with E-state index in [1.54, 1.807) is 0 Å². The summed E-state index contributed by atoms with van der Waals surface area (Å²) in [6, 6.07) is 33.5. The lowest BCUT2D eigenvalue weighted by Gasteiger charge is -2.28. The maximum atomic E-state index is 8.89. The lowest BCUT2D eigenvalue weighted by molar-refractivity contribution is -0.302. The molecule has 4 heteroatoms. The minimum atomic E-state index is -1.63. The average Bonchev–Trinajstić information content (AvgIpc) is 2.75. The van der Waals surface area contributed by atoms with Crippen molar-refractivity contribution >= 4 is 29.1 Å². The van der Waals surface area contributed by atoms with E-state index in [-0.39, 0.29) is 0 Å². The van der Waals surface area contributed by atoms with Crippen molar-refractivity contribution in [3.8, 4) is 0 Å². The Balaban J connectivity index is 0.000000735. The van der Waals surface area contributed by atoms with E-state index >= 15 is 0 Å². The third-order valence-electron chi connectivity index (χ3n) is 4.94. The summed E-state index contributed by atoms with van der Waals surface area (Å²) >= 11 is 0. The Kier molecular flexibility index (Phi) is 9.73. The number of carboxylic acid groups (broad SMARTS) is 1. The molecule has 0 aromatic heterocycles. The second kappa shape index (κ2) is 12.3. The SMILES string of the molecule is CC(=O)[O-].CN(C)CCCC[P+](c1ccccc1)(c1ccccc1)c1ccccc1. The van der Waals surface area contributed by atoms with E-state index in [2.05, 4.69) is 110 Å². The standard InChI is InChI=1S/C24H29NP.C2H4O2/c1-25(2)20-12-13-21-26(22-14-6-3-7-15-22,23-16-8-4-9-17-23)24-18-10-5-11-19-24;1-2(3)4/h3-11,14-19H,12-13,20-21H2,1-2H3;1H3,(H,3,4)/q+1;/p-1. The molecule has 3 rings (SSSR count). The van der Waals surface area contributed by atoms with Crippen LogP contribution >= 0.6 is 7.26 Å². The highest BCUT2D eigenvalue weighted by Gasteiger charge is 2.44. The van der Waals surface area contributed by atoms with Crippen molar-refractivity contribution in [2.45, 2.75) is 19.8 Å². The maximum absolute atomic E-state index is 8.89. The Bertz CT molecular complexity index is 767. The largest absolute Gasteiger partial charge is 0.550 e. The maximum Gasteiger partial charge on any atom is 0.112 e. The van der Waals surface area contributed by atoms with Gasteiger partial charge in [-0.25, -0.2) is 0 Å². The molecule has 158 valence electrons. The van der Waals surface area contributed by atoms with Crippen LogP contribution in [0.25, 0.3) is 0 Å². The summed E-state index contributed by atoms with van der Waals surface area (Å²) < 4.78 is 0. The van der Waals surface area contributed by atoms with Crippen molar-refractivity contribution in [1.82, 2.24) is 4.90 Å². The van der Waals surface area contributed by atoms with E-state index in [4.69, 9.17) is 9.90 Å². The van der Waals surface area contributed by atoms with Gasteiger partial charge in [-0.1, -0.05) is 54.6 Å². The van der Waals surface area contributed by atoms with Crippen LogP contribution in [0.3, 0.4) is 0 Å². The van der Waals surface area contributed by atoms with E-state index in [9.17, 15) is 0 Å². The second-order valence-corrected chi connectivity index (χ2v) is 11.2. The van der Waals surface area contributed by atoms with Crippen LogP contribution in [0.4, 0.5) is 0 Å². The summed E-state index contributed by atoms with van der Waals surface area (Å²) in [5.74, 6) is -1.08. The third kappa shape index (κ3) is 6.79. The normalized spacial score (nSPS) is 10.9. The minimum absolute atomic E-state index is 0.972. The Morgan fingerprint density at radius 1 is 0.733 bits per heavy atom. The predicted octanol–water partition coefficient (Wildman–Crippen LogP) is 3.08. The van der Waals surface area contributed by atoms with E-state index in [1.165, 1.54) is 34.9 Å². The first-order chi connectivity index (χ1) is 14.5. The molecule has 0 aliphatic carbocycles. The van der Waals surface area contributed by atoms with Crippen molar-refractivity contribution in [3.63, 3.8) is 0 Å². The number of rotatable bonds is 8. The number of nitrogens with zero attached hydrogens (tertiary/aromatic N) is 1. The van der Waals surface area contributed by atoms with Gasteiger partial charge < -0.3 is 14.8 Å². The van der Waals surface area contributed by atoms with Gasteiger partial charge in [0.05, 0.1) is 6.16 Å². The van der Waals surface area contributed by atoms with Crippen LogP contribution in [0.1, 0.15) is 19.8 Å². The van der Waals surface area contributed by atoms with E-state index < -0.39 is 13.2 Å². The number of hydrogen-bond acceptors (Lipinski definition) is 3. The average molecular weight is 422 g/mol. The summed E-state index contributed by atoms with van der Waals surface area (Å²) in [6.07, 6.45) is 3.70. The van der Waals surface area contributed by atoms with Gasteiger partial charge in [-0.3, -0.25) is 0 Å². The zero-order valence-electron chi connectivity index (χ0n) is 18.2. The number of unbranched alkanes of at least 4 members (excludes halogenated alkanes) is 1. The minimum Gasteiger partial charge on any atom is -0.550 e. The van der Waals surface area contributed by atoms with Crippen LogP contribution in [-0.4, -0.2) is 37.7 Å². The van der Waals surface area contributed by atoms with Gasteiger partial charge in [0.1, 0.15) is 23.2 Å². The van der Waals surface area contributed by atoms with Gasteiger partial charge in [-0.2, -0.15) is 0 Å². The second-order valence-electron chi connectivity index (χ2n) is 7.54. The van der Waals surface area contributed by atoms with Crippen molar-refractivity contribution in [3.05, 3.63) is 91.0 Å². The van der Waals surface area contributed by atoms with Gasteiger partial charge in [-0.05, 0) is 76.8 Å². The van der Waals surface area contributed by atoms with Gasteiger partial charge in [0.2, 0.25) is 0 Å². The smallest absolute Gasteiger partial charge is 0.112 e. The monoisotopic (exact) mass is 421 g/mol. The van der Waals surface area contributed by atoms with Gasteiger partial charge in [0.15, 0.2) is 0 Å². The number of carbonyl (C=O) groups excluding carboxylic acids is 1. The number of hydrogen-bond donors (Lipinski definition) is 0. The molecule has 0 amide bonds. The van der Waals surface area contributed by atoms with Crippen LogP contribution < -0.4 is 21.0 Å². The number of carbonyl (C=O) groups is 1. The summed E-state index contributed by atoms with van der Waals surface area (Å²) in [5.41, 5.74) is 0. The van der Waals surface area contributed by atoms with Crippen LogP contribution in [0.2, 0.25) is 0 Å². The van der Waals surface area contributed by atoms with Crippen LogP contribution in [0.15, 0.2) is 91.0 Å². The van der Waals surface area contributed by atoms with Crippen LogP contribution in [0.5, 0.6) is 0 Å². The van der Waals surface area contributed by atoms with Crippen molar-refractivity contribution in [1.29, 1.82) is 0 Å². The lowest BCUT2D eigenvalue weighted by Crippen LogP contribution is -2.33. The molecule has 3 aromatic rings.